The van der Waals surface area contributed by atoms with E-state index in [0.29, 0.717) is 35.0 Å². The van der Waals surface area contributed by atoms with Crippen LogP contribution in [0.2, 0.25) is 0 Å². The third-order valence-electron chi connectivity index (χ3n) is 6.29. The number of hydrogen-bond acceptors (Lipinski definition) is 4. The molecular formula is C24H24F2N4O2. The van der Waals surface area contributed by atoms with E-state index in [-0.39, 0.29) is 17.6 Å². The molecule has 0 bridgehead atoms. The maximum atomic E-state index is 15.1. The first-order chi connectivity index (χ1) is 15.5. The number of carbonyl (C=O) groups excluding carboxylic acids is 1. The van der Waals surface area contributed by atoms with Gasteiger partial charge >= 0.3 is 0 Å². The van der Waals surface area contributed by atoms with Crippen molar-refractivity contribution in [3.63, 3.8) is 0 Å². The summed E-state index contributed by atoms with van der Waals surface area (Å²) in [7, 11) is 1.39. The van der Waals surface area contributed by atoms with E-state index in [0.717, 1.165) is 32.4 Å². The highest BCUT2D eigenvalue weighted by molar-refractivity contribution is 5.81. The third-order valence-corrected chi connectivity index (χ3v) is 6.29. The Kier molecular flexibility index (Phi) is 5.36. The Morgan fingerprint density at radius 1 is 1.09 bits per heavy atom. The summed E-state index contributed by atoms with van der Waals surface area (Å²) in [6, 6.07) is 9.28. The average molecular weight is 438 g/mol. The van der Waals surface area contributed by atoms with Crippen LogP contribution in [0.25, 0.3) is 22.5 Å². The molecule has 1 aliphatic heterocycles. The number of likely N-dealkylation sites (tertiary alicyclic amines) is 1. The van der Waals surface area contributed by atoms with Gasteiger partial charge in [-0.2, -0.15) is 0 Å². The third kappa shape index (κ3) is 3.97. The second-order valence-electron chi connectivity index (χ2n) is 8.56. The van der Waals surface area contributed by atoms with Crippen LogP contribution in [-0.2, 0) is 11.3 Å². The number of carbonyl (C=O) groups is 1. The molecule has 1 aromatic heterocycles. The summed E-state index contributed by atoms with van der Waals surface area (Å²) >= 11 is 0. The van der Waals surface area contributed by atoms with E-state index >= 15 is 4.39 Å². The van der Waals surface area contributed by atoms with Crippen LogP contribution in [0.1, 0.15) is 19.3 Å². The minimum absolute atomic E-state index is 0.109. The van der Waals surface area contributed by atoms with Gasteiger partial charge < -0.3 is 14.2 Å². The summed E-state index contributed by atoms with van der Waals surface area (Å²) in [6.45, 7) is 2.13. The monoisotopic (exact) mass is 438 g/mol. The molecule has 1 aliphatic carbocycles. The second-order valence-corrected chi connectivity index (χ2v) is 8.56. The first-order valence-electron chi connectivity index (χ1n) is 10.8. The molecule has 32 heavy (non-hydrogen) atoms. The number of benzene rings is 2. The summed E-state index contributed by atoms with van der Waals surface area (Å²) in [5.41, 5.74) is 1.62. The predicted octanol–water partition coefficient (Wildman–Crippen LogP) is 4.16. The van der Waals surface area contributed by atoms with E-state index in [1.165, 1.54) is 19.2 Å². The van der Waals surface area contributed by atoms with Gasteiger partial charge in [-0.25, -0.2) is 8.78 Å². The van der Waals surface area contributed by atoms with Gasteiger partial charge in [0, 0.05) is 25.6 Å². The number of rotatable bonds is 6. The zero-order valence-electron chi connectivity index (χ0n) is 17.8. The van der Waals surface area contributed by atoms with E-state index < -0.39 is 11.6 Å². The normalized spacial score (nSPS) is 18.2. The fourth-order valence-electron chi connectivity index (χ4n) is 4.36. The largest absolute Gasteiger partial charge is 0.494 e. The van der Waals surface area contributed by atoms with Crippen LogP contribution in [0.5, 0.6) is 5.75 Å². The van der Waals surface area contributed by atoms with Crippen LogP contribution in [0.4, 0.5) is 8.78 Å². The highest BCUT2D eigenvalue weighted by atomic mass is 19.1. The molecule has 1 saturated heterocycles. The Bertz CT molecular complexity index is 1160. The molecule has 1 atom stereocenters. The molecule has 2 aliphatic rings. The molecule has 0 spiro atoms. The average Bonchev–Trinajstić information content (AvgIpc) is 3.38. The molecule has 2 fully saturated rings. The lowest BCUT2D eigenvalue weighted by Gasteiger charge is -2.17. The van der Waals surface area contributed by atoms with Gasteiger partial charge in [0.05, 0.1) is 12.7 Å². The maximum Gasteiger partial charge on any atom is 0.225 e. The first-order valence-corrected chi connectivity index (χ1v) is 10.8. The minimum atomic E-state index is -0.467. The van der Waals surface area contributed by atoms with Crippen LogP contribution in [0.15, 0.2) is 42.7 Å². The molecule has 2 aromatic carbocycles. The highest BCUT2D eigenvalue weighted by Gasteiger charge is 2.36. The maximum absolute atomic E-state index is 15.1. The zero-order chi connectivity index (χ0) is 22.2. The number of halogens is 2. The molecule has 166 valence electrons. The number of aromatic nitrogens is 3. The van der Waals surface area contributed by atoms with Crippen molar-refractivity contribution >= 4 is 5.91 Å². The quantitative estimate of drug-likeness (QED) is 0.580. The summed E-state index contributed by atoms with van der Waals surface area (Å²) in [6.07, 6.45) is 4.55. The molecule has 1 amide bonds. The van der Waals surface area contributed by atoms with Crippen molar-refractivity contribution in [3.05, 3.63) is 54.4 Å². The fourth-order valence-corrected chi connectivity index (χ4v) is 4.36. The van der Waals surface area contributed by atoms with E-state index in [2.05, 4.69) is 10.2 Å². The van der Waals surface area contributed by atoms with E-state index in [9.17, 15) is 9.18 Å². The Balaban J connectivity index is 1.34. The fraction of sp³-hybridized carbons (Fsp3) is 0.375. The molecular weight excluding hydrogens is 414 g/mol. The topological polar surface area (TPSA) is 60.3 Å². The lowest BCUT2D eigenvalue weighted by Crippen LogP contribution is -2.30. The first kappa shape index (κ1) is 20.6. The molecule has 8 heteroatoms. The van der Waals surface area contributed by atoms with Crippen molar-refractivity contribution in [2.45, 2.75) is 25.8 Å². The molecule has 0 unspecified atom stereocenters. The van der Waals surface area contributed by atoms with Crippen LogP contribution in [0, 0.1) is 23.5 Å². The summed E-state index contributed by atoms with van der Waals surface area (Å²) < 4.78 is 35.7. The van der Waals surface area contributed by atoms with Crippen molar-refractivity contribution in [2.24, 2.45) is 11.8 Å². The smallest absolute Gasteiger partial charge is 0.225 e. The highest BCUT2D eigenvalue weighted by Crippen LogP contribution is 2.34. The Labute approximate surface area is 184 Å². The molecule has 5 rings (SSSR count). The van der Waals surface area contributed by atoms with Gasteiger partial charge in [0.1, 0.15) is 12.1 Å². The van der Waals surface area contributed by atoms with Crippen LogP contribution in [-0.4, -0.2) is 45.8 Å². The van der Waals surface area contributed by atoms with E-state index in [1.807, 2.05) is 9.47 Å². The standard InChI is InChI=1S/C24H24F2N4O2/c1-32-22-11-18(5-7-20(22)25)17-4-6-19(21(26)10-17)23-28-27-14-30(23)13-15-8-9-29(12-15)24(31)16-2-3-16/h4-7,10-11,14-16H,2-3,8-9,12-13H2,1H3/t15-/m1/s1. The molecule has 1 saturated carbocycles. The Morgan fingerprint density at radius 3 is 2.62 bits per heavy atom. The number of methoxy groups -OCH3 is 1. The lowest BCUT2D eigenvalue weighted by molar-refractivity contribution is -0.131. The van der Waals surface area contributed by atoms with Crippen molar-refractivity contribution in [1.29, 1.82) is 0 Å². The number of hydrogen-bond donors (Lipinski definition) is 0. The van der Waals surface area contributed by atoms with Gasteiger partial charge in [0.25, 0.3) is 0 Å². The zero-order valence-corrected chi connectivity index (χ0v) is 17.8. The van der Waals surface area contributed by atoms with Crippen LogP contribution < -0.4 is 4.74 Å². The molecule has 2 heterocycles. The molecule has 3 aromatic rings. The number of ether oxygens (including phenoxy) is 1. The lowest BCUT2D eigenvalue weighted by atomic mass is 10.0. The number of nitrogens with zero attached hydrogens (tertiary/aromatic N) is 4. The molecule has 0 N–H and O–H groups in total. The molecule has 0 radical (unpaired) electrons. The van der Waals surface area contributed by atoms with Gasteiger partial charge in [-0.3, -0.25) is 4.79 Å². The number of amides is 1. The van der Waals surface area contributed by atoms with E-state index in [1.54, 1.807) is 30.6 Å². The van der Waals surface area contributed by atoms with Crippen molar-refractivity contribution in [3.8, 4) is 28.3 Å². The summed E-state index contributed by atoms with van der Waals surface area (Å²) in [5, 5.41) is 8.14. The van der Waals surface area contributed by atoms with Gasteiger partial charge in [0.2, 0.25) is 5.91 Å². The minimum Gasteiger partial charge on any atom is -0.494 e. The molecule has 6 nitrogen and oxygen atoms in total. The summed E-state index contributed by atoms with van der Waals surface area (Å²) in [4.78, 5) is 14.3. The van der Waals surface area contributed by atoms with Crippen molar-refractivity contribution in [1.82, 2.24) is 19.7 Å². The van der Waals surface area contributed by atoms with Gasteiger partial charge in [0.15, 0.2) is 17.4 Å². The van der Waals surface area contributed by atoms with Crippen LogP contribution in [0.3, 0.4) is 0 Å². The summed E-state index contributed by atoms with van der Waals surface area (Å²) in [5.74, 6) is 0.461. The van der Waals surface area contributed by atoms with E-state index in [4.69, 9.17) is 4.74 Å². The predicted molar refractivity (Wildman–Crippen MR) is 115 cm³/mol. The van der Waals surface area contributed by atoms with Crippen molar-refractivity contribution < 1.29 is 18.3 Å². The Morgan fingerprint density at radius 2 is 1.88 bits per heavy atom. The SMILES string of the molecule is COc1cc(-c2ccc(-c3nncn3C[C@@H]3CCN(C(=O)C4CC4)C3)c(F)c2)ccc1F. The van der Waals surface area contributed by atoms with Crippen molar-refractivity contribution in [2.75, 3.05) is 20.2 Å². The Hall–Kier alpha value is -3.29. The van der Waals surface area contributed by atoms with Gasteiger partial charge in [-0.1, -0.05) is 12.1 Å². The second kappa shape index (κ2) is 8.33. The van der Waals surface area contributed by atoms with Gasteiger partial charge in [-0.15, -0.1) is 10.2 Å². The van der Waals surface area contributed by atoms with Gasteiger partial charge in [-0.05, 0) is 60.6 Å². The van der Waals surface area contributed by atoms with Crippen LogP contribution >= 0.6 is 0 Å².